The van der Waals surface area contributed by atoms with Crippen molar-refractivity contribution in [3.63, 3.8) is 0 Å². The highest BCUT2D eigenvalue weighted by atomic mass is 16.5. The molecule has 0 aromatic rings. The molecule has 0 radical (unpaired) electrons. The van der Waals surface area contributed by atoms with E-state index < -0.39 is 5.41 Å². The summed E-state index contributed by atoms with van der Waals surface area (Å²) in [4.78, 5) is 12.4. The zero-order valence-electron chi connectivity index (χ0n) is 11.0. The minimum atomic E-state index is -0.409. The highest BCUT2D eigenvalue weighted by Gasteiger charge is 2.51. The van der Waals surface area contributed by atoms with Crippen LogP contribution in [0.3, 0.4) is 0 Å². The van der Waals surface area contributed by atoms with E-state index in [2.05, 4.69) is 18.2 Å². The van der Waals surface area contributed by atoms with Gasteiger partial charge in [0.25, 0.3) is 0 Å². The van der Waals surface area contributed by atoms with Crippen LogP contribution in [0, 0.1) is 28.1 Å². The molecule has 1 N–H and O–H groups in total. The van der Waals surface area contributed by atoms with Gasteiger partial charge < -0.3 is 4.74 Å². The number of allylic oxidation sites excluding steroid dienone is 2. The van der Waals surface area contributed by atoms with Crippen molar-refractivity contribution in [2.24, 2.45) is 22.7 Å². The first-order chi connectivity index (χ1) is 9.12. The van der Waals surface area contributed by atoms with Crippen LogP contribution in [0.2, 0.25) is 0 Å². The van der Waals surface area contributed by atoms with Gasteiger partial charge in [0.1, 0.15) is 0 Å². The highest BCUT2D eigenvalue weighted by Crippen LogP contribution is 2.52. The summed E-state index contributed by atoms with van der Waals surface area (Å²) in [6.45, 7) is 0. The molecule has 2 saturated carbocycles. The molecule has 4 rings (SSSR count). The molecule has 4 aliphatic rings. The van der Waals surface area contributed by atoms with E-state index in [1.807, 2.05) is 6.08 Å². The van der Waals surface area contributed by atoms with Crippen molar-refractivity contribution in [3.05, 3.63) is 24.3 Å². The maximum atomic E-state index is 12.4. The van der Waals surface area contributed by atoms with Crippen molar-refractivity contribution < 1.29 is 9.53 Å². The summed E-state index contributed by atoms with van der Waals surface area (Å²) in [5.74, 6) is 1.15. The average Bonchev–Trinajstić information content (AvgIpc) is 3.19. The Balaban J connectivity index is 1.50. The first-order valence-electron chi connectivity index (χ1n) is 7.32. The van der Waals surface area contributed by atoms with Crippen LogP contribution in [0.5, 0.6) is 0 Å². The third-order valence-corrected chi connectivity index (χ3v) is 5.60. The molecule has 0 heterocycles. The molecule has 0 aromatic heterocycles. The monoisotopic (exact) mass is 257 g/mol. The van der Waals surface area contributed by atoms with Crippen LogP contribution >= 0.6 is 0 Å². The zero-order chi connectivity index (χ0) is 13.1. The molecule has 0 aromatic carbocycles. The Labute approximate surface area is 113 Å². The quantitative estimate of drug-likeness (QED) is 0.357. The predicted molar refractivity (Wildman–Crippen MR) is 71.6 cm³/mol. The van der Waals surface area contributed by atoms with Gasteiger partial charge in [0, 0.05) is 0 Å². The topological polar surface area (TPSA) is 50.1 Å². The van der Waals surface area contributed by atoms with Crippen molar-refractivity contribution in [3.8, 4) is 0 Å². The molecule has 0 spiro atoms. The van der Waals surface area contributed by atoms with Gasteiger partial charge in [-0.25, -0.2) is 0 Å². The zero-order valence-corrected chi connectivity index (χ0v) is 11.0. The SMILES string of the molecule is N=C(OC(=O)C12C=CC(CC1)C2)C12C=CC(CC1)C2. The number of rotatable bonds is 2. The molecular weight excluding hydrogens is 238 g/mol. The molecule has 100 valence electrons. The van der Waals surface area contributed by atoms with Crippen LogP contribution in [0.1, 0.15) is 38.5 Å². The third-order valence-electron chi connectivity index (χ3n) is 5.60. The van der Waals surface area contributed by atoms with E-state index in [4.69, 9.17) is 10.1 Å². The van der Waals surface area contributed by atoms with Crippen molar-refractivity contribution in [2.75, 3.05) is 0 Å². The summed E-state index contributed by atoms with van der Waals surface area (Å²) >= 11 is 0. The number of carbonyl (C=O) groups is 1. The Kier molecular flexibility index (Phi) is 2.16. The standard InChI is InChI=1S/C16H19NO2/c17-13(15-5-1-11(9-15)2-6-15)19-14(18)16-7-3-12(10-16)4-8-16/h1,3,5,7,11-12,17H,2,4,6,8-10H2. The van der Waals surface area contributed by atoms with E-state index in [1.165, 1.54) is 0 Å². The van der Waals surface area contributed by atoms with Gasteiger partial charge in [0.15, 0.2) is 0 Å². The molecule has 4 unspecified atom stereocenters. The lowest BCUT2D eigenvalue weighted by molar-refractivity contribution is -0.144. The average molecular weight is 257 g/mol. The number of carbonyl (C=O) groups excluding carboxylic acids is 1. The Morgan fingerprint density at radius 2 is 1.63 bits per heavy atom. The maximum Gasteiger partial charge on any atom is 0.322 e. The first kappa shape index (κ1) is 11.4. The maximum absolute atomic E-state index is 12.4. The smallest absolute Gasteiger partial charge is 0.322 e. The number of hydrogen-bond acceptors (Lipinski definition) is 3. The molecule has 4 atom stereocenters. The molecule has 4 aliphatic carbocycles. The molecule has 0 saturated heterocycles. The van der Waals surface area contributed by atoms with Gasteiger partial charge in [-0.15, -0.1) is 0 Å². The highest BCUT2D eigenvalue weighted by molar-refractivity contribution is 5.95. The number of esters is 1. The van der Waals surface area contributed by atoms with Gasteiger partial charge in [0.05, 0.1) is 10.8 Å². The minimum Gasteiger partial charge on any atom is -0.411 e. The molecule has 19 heavy (non-hydrogen) atoms. The van der Waals surface area contributed by atoms with Gasteiger partial charge in [-0.3, -0.25) is 10.2 Å². The van der Waals surface area contributed by atoms with Crippen LogP contribution in [0.4, 0.5) is 0 Å². The third kappa shape index (κ3) is 1.50. The summed E-state index contributed by atoms with van der Waals surface area (Å²) < 4.78 is 5.50. The van der Waals surface area contributed by atoms with E-state index in [0.29, 0.717) is 11.8 Å². The van der Waals surface area contributed by atoms with Gasteiger partial charge in [-0.1, -0.05) is 24.3 Å². The van der Waals surface area contributed by atoms with E-state index in [-0.39, 0.29) is 17.3 Å². The van der Waals surface area contributed by atoms with E-state index in [1.54, 1.807) is 0 Å². The van der Waals surface area contributed by atoms with E-state index in [0.717, 1.165) is 38.5 Å². The normalized spacial score (nSPS) is 45.1. The van der Waals surface area contributed by atoms with Crippen molar-refractivity contribution in [1.29, 1.82) is 5.41 Å². The first-order valence-corrected chi connectivity index (χ1v) is 7.32. The predicted octanol–water partition coefficient (Wildman–Crippen LogP) is 3.22. The molecule has 4 bridgehead atoms. The van der Waals surface area contributed by atoms with Gasteiger partial charge in [-0.2, -0.15) is 0 Å². The lowest BCUT2D eigenvalue weighted by Gasteiger charge is -2.27. The van der Waals surface area contributed by atoms with Crippen LogP contribution < -0.4 is 0 Å². The van der Waals surface area contributed by atoms with Crippen molar-refractivity contribution in [2.45, 2.75) is 38.5 Å². The molecular formula is C16H19NO2. The van der Waals surface area contributed by atoms with Crippen molar-refractivity contribution in [1.82, 2.24) is 0 Å². The number of ether oxygens (including phenoxy) is 1. The van der Waals surface area contributed by atoms with Gasteiger partial charge in [0.2, 0.25) is 5.90 Å². The molecule has 0 aliphatic heterocycles. The Morgan fingerprint density at radius 1 is 1.05 bits per heavy atom. The van der Waals surface area contributed by atoms with Crippen LogP contribution in [-0.4, -0.2) is 11.9 Å². The minimum absolute atomic E-state index is 0.187. The summed E-state index contributed by atoms with van der Waals surface area (Å²) in [5, 5.41) is 8.21. The summed E-state index contributed by atoms with van der Waals surface area (Å²) in [5.41, 5.74) is -0.675. The molecule has 3 nitrogen and oxygen atoms in total. The van der Waals surface area contributed by atoms with E-state index >= 15 is 0 Å². The van der Waals surface area contributed by atoms with Crippen LogP contribution in [-0.2, 0) is 9.53 Å². The second kappa shape index (κ2) is 3.59. The van der Waals surface area contributed by atoms with Gasteiger partial charge in [-0.05, 0) is 50.4 Å². The van der Waals surface area contributed by atoms with Crippen molar-refractivity contribution >= 4 is 11.9 Å². The largest absolute Gasteiger partial charge is 0.411 e. The van der Waals surface area contributed by atoms with E-state index in [9.17, 15) is 4.79 Å². The summed E-state index contributed by atoms with van der Waals surface area (Å²) in [6, 6.07) is 0. The lowest BCUT2D eigenvalue weighted by Crippen LogP contribution is -2.35. The molecule has 2 fully saturated rings. The second-order valence-electron chi connectivity index (χ2n) is 6.75. The number of fused-ring (bicyclic) bond motifs is 4. The Morgan fingerprint density at radius 3 is 2.05 bits per heavy atom. The molecule has 0 amide bonds. The van der Waals surface area contributed by atoms with Crippen LogP contribution in [0.25, 0.3) is 0 Å². The van der Waals surface area contributed by atoms with Crippen LogP contribution in [0.15, 0.2) is 24.3 Å². The Hall–Kier alpha value is -1.38. The lowest BCUT2D eigenvalue weighted by atomic mass is 9.86. The van der Waals surface area contributed by atoms with Gasteiger partial charge >= 0.3 is 5.97 Å². The number of nitrogens with one attached hydrogen (secondary N) is 1. The molecule has 3 heteroatoms. The fourth-order valence-corrected chi connectivity index (χ4v) is 4.33. The second-order valence-corrected chi connectivity index (χ2v) is 6.75. The fourth-order valence-electron chi connectivity index (χ4n) is 4.33. The fraction of sp³-hybridized carbons (Fsp3) is 0.625. The number of hydrogen-bond donors (Lipinski definition) is 1. The Bertz CT molecular complexity index is 475. The summed E-state index contributed by atoms with van der Waals surface area (Å²) in [7, 11) is 0. The summed E-state index contributed by atoms with van der Waals surface area (Å²) in [6.07, 6.45) is 14.4.